The molecule has 0 atom stereocenters. The van der Waals surface area contributed by atoms with Gasteiger partial charge in [-0.05, 0) is 92.1 Å². The Labute approximate surface area is 194 Å². The Morgan fingerprint density at radius 1 is 0.818 bits per heavy atom. The molecule has 1 aliphatic heterocycles. The molecule has 1 heterocycles. The molecule has 0 radical (unpaired) electrons. The standard InChI is InChI=1S/C25H27N3O4S/c1-32-23-13-7-21(8-14-23)27-33(30,31)24-15-9-20(10-16-24)26-25(29)19-5-11-22(12-6-19)28-17-3-2-4-18-28/h5-16,27H,2-4,17-18H2,1H3,(H,26,29). The second kappa shape index (κ2) is 9.95. The maximum absolute atomic E-state index is 12.6. The highest BCUT2D eigenvalue weighted by Crippen LogP contribution is 2.22. The van der Waals surface area contributed by atoms with Crippen LogP contribution in [-0.2, 0) is 10.0 Å². The maximum atomic E-state index is 12.6. The molecule has 2 N–H and O–H groups in total. The van der Waals surface area contributed by atoms with Crippen molar-refractivity contribution >= 4 is 33.0 Å². The van der Waals surface area contributed by atoms with Crippen molar-refractivity contribution in [1.29, 1.82) is 0 Å². The van der Waals surface area contributed by atoms with Crippen molar-refractivity contribution in [2.75, 3.05) is 35.1 Å². The van der Waals surface area contributed by atoms with Gasteiger partial charge in [0.2, 0.25) is 0 Å². The highest BCUT2D eigenvalue weighted by Gasteiger charge is 2.15. The fourth-order valence-corrected chi connectivity index (χ4v) is 4.83. The van der Waals surface area contributed by atoms with Gasteiger partial charge in [-0.2, -0.15) is 0 Å². The van der Waals surface area contributed by atoms with Gasteiger partial charge in [0.25, 0.3) is 15.9 Å². The molecule has 172 valence electrons. The second-order valence-corrected chi connectivity index (χ2v) is 9.59. The van der Waals surface area contributed by atoms with Crippen LogP contribution in [0.25, 0.3) is 0 Å². The summed E-state index contributed by atoms with van der Waals surface area (Å²) in [6.45, 7) is 2.10. The van der Waals surface area contributed by atoms with Crippen LogP contribution >= 0.6 is 0 Å². The minimum atomic E-state index is -3.75. The lowest BCUT2D eigenvalue weighted by molar-refractivity contribution is 0.102. The molecular weight excluding hydrogens is 438 g/mol. The van der Waals surface area contributed by atoms with Gasteiger partial charge >= 0.3 is 0 Å². The summed E-state index contributed by atoms with van der Waals surface area (Å²) in [5.41, 5.74) is 2.63. The smallest absolute Gasteiger partial charge is 0.261 e. The maximum Gasteiger partial charge on any atom is 0.261 e. The number of anilines is 3. The monoisotopic (exact) mass is 465 g/mol. The van der Waals surface area contributed by atoms with Crippen LogP contribution in [-0.4, -0.2) is 34.5 Å². The fraction of sp³-hybridized carbons (Fsp3) is 0.240. The summed E-state index contributed by atoms with van der Waals surface area (Å²) >= 11 is 0. The molecule has 4 rings (SSSR count). The number of nitrogens with one attached hydrogen (secondary N) is 2. The summed E-state index contributed by atoms with van der Waals surface area (Å²) in [5, 5.41) is 2.82. The third kappa shape index (κ3) is 5.64. The SMILES string of the molecule is COc1ccc(NS(=O)(=O)c2ccc(NC(=O)c3ccc(N4CCCCC4)cc3)cc2)cc1. The Kier molecular flexibility index (Phi) is 6.84. The lowest BCUT2D eigenvalue weighted by atomic mass is 10.1. The predicted molar refractivity (Wildman–Crippen MR) is 131 cm³/mol. The second-order valence-electron chi connectivity index (χ2n) is 7.91. The van der Waals surface area contributed by atoms with Crippen molar-refractivity contribution < 1.29 is 17.9 Å². The molecule has 1 aliphatic rings. The quantitative estimate of drug-likeness (QED) is 0.526. The van der Waals surface area contributed by atoms with E-state index in [9.17, 15) is 13.2 Å². The van der Waals surface area contributed by atoms with E-state index in [1.165, 1.54) is 31.4 Å². The van der Waals surface area contributed by atoms with E-state index >= 15 is 0 Å². The van der Waals surface area contributed by atoms with Gasteiger partial charge in [0.05, 0.1) is 12.0 Å². The van der Waals surface area contributed by atoms with E-state index < -0.39 is 10.0 Å². The zero-order chi connectivity index (χ0) is 23.3. The Morgan fingerprint density at radius 2 is 1.42 bits per heavy atom. The van der Waals surface area contributed by atoms with E-state index in [0.717, 1.165) is 18.8 Å². The third-order valence-corrected chi connectivity index (χ3v) is 7.01. The van der Waals surface area contributed by atoms with Gasteiger partial charge in [-0.15, -0.1) is 0 Å². The zero-order valence-corrected chi connectivity index (χ0v) is 19.3. The highest BCUT2D eigenvalue weighted by molar-refractivity contribution is 7.92. The number of nitrogens with zero attached hydrogens (tertiary/aromatic N) is 1. The summed E-state index contributed by atoms with van der Waals surface area (Å²) in [5.74, 6) is 0.395. The molecule has 0 bridgehead atoms. The summed E-state index contributed by atoms with van der Waals surface area (Å²) in [4.78, 5) is 15.0. The molecule has 8 heteroatoms. The number of carbonyl (C=O) groups excluding carboxylic acids is 1. The van der Waals surface area contributed by atoms with Gasteiger partial charge in [-0.25, -0.2) is 8.42 Å². The summed E-state index contributed by atoms with van der Waals surface area (Å²) in [6.07, 6.45) is 3.67. The van der Waals surface area contributed by atoms with Gasteiger partial charge in [0, 0.05) is 35.7 Å². The topological polar surface area (TPSA) is 87.7 Å². The minimum Gasteiger partial charge on any atom is -0.497 e. The number of ether oxygens (including phenoxy) is 1. The predicted octanol–water partition coefficient (Wildman–Crippen LogP) is 4.74. The molecule has 7 nitrogen and oxygen atoms in total. The molecule has 0 saturated carbocycles. The minimum absolute atomic E-state index is 0.0993. The van der Waals surface area contributed by atoms with Gasteiger partial charge < -0.3 is 15.0 Å². The summed E-state index contributed by atoms with van der Waals surface area (Å²) in [7, 11) is -2.21. The van der Waals surface area contributed by atoms with Crippen LogP contribution in [0.3, 0.4) is 0 Å². The van der Waals surface area contributed by atoms with E-state index in [1.807, 2.05) is 24.3 Å². The van der Waals surface area contributed by atoms with Crippen LogP contribution in [0, 0.1) is 0 Å². The van der Waals surface area contributed by atoms with Crippen LogP contribution in [0.2, 0.25) is 0 Å². The third-order valence-electron chi connectivity index (χ3n) is 5.62. The number of methoxy groups -OCH3 is 1. The summed E-state index contributed by atoms with van der Waals surface area (Å²) < 4.78 is 32.9. The Hall–Kier alpha value is -3.52. The van der Waals surface area contributed by atoms with Crippen LogP contribution in [0.1, 0.15) is 29.6 Å². The number of carbonyl (C=O) groups is 1. The largest absolute Gasteiger partial charge is 0.497 e. The molecule has 3 aromatic rings. The van der Waals surface area contributed by atoms with Crippen molar-refractivity contribution in [3.63, 3.8) is 0 Å². The molecule has 3 aromatic carbocycles. The molecule has 0 spiro atoms. The van der Waals surface area contributed by atoms with Gasteiger partial charge in [-0.3, -0.25) is 9.52 Å². The number of hydrogen-bond acceptors (Lipinski definition) is 5. The molecule has 33 heavy (non-hydrogen) atoms. The number of benzene rings is 3. The molecule has 1 saturated heterocycles. The van der Waals surface area contributed by atoms with Crippen molar-refractivity contribution in [1.82, 2.24) is 0 Å². The number of rotatable bonds is 7. The molecule has 1 amide bonds. The molecule has 0 aliphatic carbocycles. The van der Waals surface area contributed by atoms with Gasteiger partial charge in [0.1, 0.15) is 5.75 Å². The molecular formula is C25H27N3O4S. The van der Waals surface area contributed by atoms with Crippen molar-refractivity contribution in [3.05, 3.63) is 78.4 Å². The average molecular weight is 466 g/mol. The van der Waals surface area contributed by atoms with Crippen molar-refractivity contribution in [2.45, 2.75) is 24.2 Å². The number of amides is 1. The Balaban J connectivity index is 1.38. The number of sulfonamides is 1. The zero-order valence-electron chi connectivity index (χ0n) is 18.5. The Morgan fingerprint density at radius 3 is 2.03 bits per heavy atom. The van der Waals surface area contributed by atoms with Gasteiger partial charge in [-0.1, -0.05) is 0 Å². The lowest BCUT2D eigenvalue weighted by Crippen LogP contribution is -2.29. The normalized spacial score (nSPS) is 13.9. The van der Waals surface area contributed by atoms with E-state index in [4.69, 9.17) is 4.74 Å². The van der Waals surface area contributed by atoms with Crippen LogP contribution < -0.4 is 19.7 Å². The van der Waals surface area contributed by atoms with Crippen LogP contribution in [0.5, 0.6) is 5.75 Å². The Bertz CT molecular complexity index is 1190. The van der Waals surface area contributed by atoms with E-state index in [2.05, 4.69) is 14.9 Å². The van der Waals surface area contributed by atoms with E-state index in [0.29, 0.717) is 22.7 Å². The van der Waals surface area contributed by atoms with Crippen molar-refractivity contribution in [3.8, 4) is 5.75 Å². The first-order valence-electron chi connectivity index (χ1n) is 10.9. The number of piperidine rings is 1. The fourth-order valence-electron chi connectivity index (χ4n) is 3.77. The van der Waals surface area contributed by atoms with Gasteiger partial charge in [0.15, 0.2) is 0 Å². The highest BCUT2D eigenvalue weighted by atomic mass is 32.2. The lowest BCUT2D eigenvalue weighted by Gasteiger charge is -2.28. The number of hydrogen-bond donors (Lipinski definition) is 2. The first kappa shape index (κ1) is 22.7. The average Bonchev–Trinajstić information content (AvgIpc) is 2.85. The van der Waals surface area contributed by atoms with Crippen LogP contribution in [0.4, 0.5) is 17.1 Å². The first-order valence-corrected chi connectivity index (χ1v) is 12.4. The van der Waals surface area contributed by atoms with E-state index in [1.54, 1.807) is 43.5 Å². The summed E-state index contributed by atoms with van der Waals surface area (Å²) in [6, 6.07) is 20.2. The molecule has 0 aromatic heterocycles. The van der Waals surface area contributed by atoms with E-state index in [-0.39, 0.29) is 10.8 Å². The first-order chi connectivity index (χ1) is 15.9. The van der Waals surface area contributed by atoms with Crippen molar-refractivity contribution in [2.24, 2.45) is 0 Å². The van der Waals surface area contributed by atoms with Crippen LogP contribution in [0.15, 0.2) is 77.7 Å². The molecule has 0 unspecified atom stereocenters. The molecule has 1 fully saturated rings.